The SMILES string of the molecule is O=C(CSCC=Cc1ccccc1)Nc1ccc(F)cc1F. The molecule has 1 amide bonds. The van der Waals surface area contributed by atoms with E-state index in [1.807, 2.05) is 42.5 Å². The smallest absolute Gasteiger partial charge is 0.234 e. The molecule has 1 N–H and O–H groups in total. The Bertz CT molecular complexity index is 659. The minimum Gasteiger partial charge on any atom is -0.323 e. The molecule has 2 rings (SSSR count). The quantitative estimate of drug-likeness (QED) is 0.802. The van der Waals surface area contributed by atoms with Gasteiger partial charge in [-0.1, -0.05) is 42.5 Å². The summed E-state index contributed by atoms with van der Waals surface area (Å²) in [5.41, 5.74) is 1.09. The lowest BCUT2D eigenvalue weighted by atomic mass is 10.2. The predicted octanol–water partition coefficient (Wildman–Crippen LogP) is 4.35. The summed E-state index contributed by atoms with van der Waals surface area (Å²) in [5.74, 6) is -0.883. The highest BCUT2D eigenvalue weighted by atomic mass is 32.2. The zero-order chi connectivity index (χ0) is 15.8. The molecule has 0 spiro atoms. The van der Waals surface area contributed by atoms with Crippen LogP contribution in [0.3, 0.4) is 0 Å². The Labute approximate surface area is 132 Å². The lowest BCUT2D eigenvalue weighted by molar-refractivity contribution is -0.113. The summed E-state index contributed by atoms with van der Waals surface area (Å²) >= 11 is 1.41. The zero-order valence-corrected chi connectivity index (χ0v) is 12.6. The average Bonchev–Trinajstić information content (AvgIpc) is 2.51. The molecule has 0 aliphatic heterocycles. The summed E-state index contributed by atoms with van der Waals surface area (Å²) in [6.45, 7) is 0. The molecule has 0 unspecified atom stereocenters. The molecule has 0 atom stereocenters. The van der Waals surface area contributed by atoms with Gasteiger partial charge >= 0.3 is 0 Å². The molecule has 0 radical (unpaired) electrons. The molecule has 2 aromatic rings. The Morgan fingerprint density at radius 2 is 1.91 bits per heavy atom. The summed E-state index contributed by atoms with van der Waals surface area (Å²) in [5, 5.41) is 2.42. The highest BCUT2D eigenvalue weighted by Gasteiger charge is 2.07. The molecule has 0 fully saturated rings. The zero-order valence-electron chi connectivity index (χ0n) is 11.8. The fourth-order valence-electron chi connectivity index (χ4n) is 1.75. The Morgan fingerprint density at radius 3 is 2.64 bits per heavy atom. The Morgan fingerprint density at radius 1 is 1.14 bits per heavy atom. The van der Waals surface area contributed by atoms with E-state index in [4.69, 9.17) is 0 Å². The number of hydrogen-bond acceptors (Lipinski definition) is 2. The van der Waals surface area contributed by atoms with Gasteiger partial charge in [-0.05, 0) is 17.7 Å². The molecule has 0 saturated heterocycles. The van der Waals surface area contributed by atoms with Crippen molar-refractivity contribution in [3.63, 3.8) is 0 Å². The van der Waals surface area contributed by atoms with Gasteiger partial charge in [-0.2, -0.15) is 0 Å². The number of amides is 1. The summed E-state index contributed by atoms with van der Waals surface area (Å²) in [6.07, 6.45) is 3.94. The third-order valence-corrected chi connectivity index (χ3v) is 3.66. The largest absolute Gasteiger partial charge is 0.323 e. The molecule has 0 bridgehead atoms. The van der Waals surface area contributed by atoms with E-state index in [1.54, 1.807) is 0 Å². The predicted molar refractivity (Wildman–Crippen MR) is 87.8 cm³/mol. The monoisotopic (exact) mass is 319 g/mol. The highest BCUT2D eigenvalue weighted by Crippen LogP contribution is 2.15. The Kier molecular flexibility index (Phi) is 6.15. The van der Waals surface area contributed by atoms with Crippen molar-refractivity contribution < 1.29 is 13.6 Å². The van der Waals surface area contributed by atoms with Crippen LogP contribution < -0.4 is 5.32 Å². The number of nitrogens with one attached hydrogen (secondary N) is 1. The van der Waals surface area contributed by atoms with Crippen molar-refractivity contribution in [3.8, 4) is 0 Å². The number of thioether (sulfide) groups is 1. The average molecular weight is 319 g/mol. The van der Waals surface area contributed by atoms with E-state index >= 15 is 0 Å². The molecule has 0 aliphatic rings. The van der Waals surface area contributed by atoms with Gasteiger partial charge in [0.2, 0.25) is 5.91 Å². The van der Waals surface area contributed by atoms with E-state index in [-0.39, 0.29) is 17.3 Å². The van der Waals surface area contributed by atoms with Crippen molar-refractivity contribution >= 4 is 29.4 Å². The summed E-state index contributed by atoms with van der Waals surface area (Å²) in [4.78, 5) is 11.7. The first-order chi connectivity index (χ1) is 10.6. The normalized spacial score (nSPS) is 10.8. The van der Waals surface area contributed by atoms with Gasteiger partial charge in [-0.25, -0.2) is 8.78 Å². The van der Waals surface area contributed by atoms with Crippen molar-refractivity contribution in [1.82, 2.24) is 0 Å². The van der Waals surface area contributed by atoms with Crippen LogP contribution in [0.25, 0.3) is 6.08 Å². The first-order valence-electron chi connectivity index (χ1n) is 6.69. The number of rotatable bonds is 6. The summed E-state index contributed by atoms with van der Waals surface area (Å²) in [6, 6.07) is 12.9. The third kappa shape index (κ3) is 5.33. The van der Waals surface area contributed by atoms with Gasteiger partial charge in [-0.15, -0.1) is 11.8 Å². The fourth-order valence-corrected chi connectivity index (χ4v) is 2.35. The number of hydrogen-bond donors (Lipinski definition) is 1. The van der Waals surface area contributed by atoms with Crippen LogP contribution in [0.5, 0.6) is 0 Å². The summed E-state index contributed by atoms with van der Waals surface area (Å²) < 4.78 is 26.1. The van der Waals surface area contributed by atoms with Crippen LogP contribution >= 0.6 is 11.8 Å². The van der Waals surface area contributed by atoms with Crippen molar-refractivity contribution in [1.29, 1.82) is 0 Å². The maximum atomic E-state index is 13.4. The van der Waals surface area contributed by atoms with E-state index in [9.17, 15) is 13.6 Å². The molecular weight excluding hydrogens is 304 g/mol. The number of carbonyl (C=O) groups excluding carboxylic acids is 1. The van der Waals surface area contributed by atoms with Gasteiger partial charge in [0.15, 0.2) is 0 Å². The van der Waals surface area contributed by atoms with Crippen molar-refractivity contribution in [2.24, 2.45) is 0 Å². The molecule has 5 heteroatoms. The molecule has 0 saturated carbocycles. The van der Waals surface area contributed by atoms with E-state index < -0.39 is 11.6 Å². The summed E-state index contributed by atoms with van der Waals surface area (Å²) in [7, 11) is 0. The molecule has 0 aromatic heterocycles. The standard InChI is InChI=1S/C17H15F2NOS/c18-14-8-9-16(15(19)11-14)20-17(21)12-22-10-4-7-13-5-2-1-3-6-13/h1-9,11H,10,12H2,(H,20,21). The number of halogens is 2. The number of carbonyl (C=O) groups is 1. The van der Waals surface area contributed by atoms with Gasteiger partial charge in [0.25, 0.3) is 0 Å². The third-order valence-electron chi connectivity index (χ3n) is 2.76. The van der Waals surface area contributed by atoms with Crippen LogP contribution in [-0.2, 0) is 4.79 Å². The second-order valence-electron chi connectivity index (χ2n) is 4.50. The van der Waals surface area contributed by atoms with Gasteiger partial charge < -0.3 is 5.32 Å². The minimum atomic E-state index is -0.776. The van der Waals surface area contributed by atoms with E-state index in [2.05, 4.69) is 5.32 Å². The fraction of sp³-hybridized carbons (Fsp3) is 0.118. The molecule has 2 aromatic carbocycles. The first kappa shape index (κ1) is 16.2. The second-order valence-corrected chi connectivity index (χ2v) is 5.53. The second kappa shape index (κ2) is 8.34. The Hall–Kier alpha value is -2.14. The van der Waals surface area contributed by atoms with Crippen molar-refractivity contribution in [2.45, 2.75) is 0 Å². The molecule has 22 heavy (non-hydrogen) atoms. The molecular formula is C17H15F2NOS. The minimum absolute atomic E-state index is 0.00757. The molecule has 2 nitrogen and oxygen atoms in total. The van der Waals surface area contributed by atoms with Gasteiger partial charge in [-0.3, -0.25) is 4.79 Å². The van der Waals surface area contributed by atoms with Crippen LogP contribution in [0.15, 0.2) is 54.6 Å². The molecule has 0 heterocycles. The van der Waals surface area contributed by atoms with Gasteiger partial charge in [0.05, 0.1) is 11.4 Å². The van der Waals surface area contributed by atoms with Crippen molar-refractivity contribution in [3.05, 3.63) is 71.8 Å². The van der Waals surface area contributed by atoms with Gasteiger partial charge in [0, 0.05) is 11.8 Å². The van der Waals surface area contributed by atoms with Crippen LogP contribution in [0.4, 0.5) is 14.5 Å². The lowest BCUT2D eigenvalue weighted by Crippen LogP contribution is -2.15. The molecule has 114 valence electrons. The van der Waals surface area contributed by atoms with Crippen LogP contribution in [0.1, 0.15) is 5.56 Å². The van der Waals surface area contributed by atoms with Crippen molar-refractivity contribution in [2.75, 3.05) is 16.8 Å². The Balaban J connectivity index is 1.73. The maximum absolute atomic E-state index is 13.4. The van der Waals surface area contributed by atoms with Crippen LogP contribution in [0.2, 0.25) is 0 Å². The lowest BCUT2D eigenvalue weighted by Gasteiger charge is -2.05. The van der Waals surface area contributed by atoms with E-state index in [1.165, 1.54) is 17.8 Å². The van der Waals surface area contributed by atoms with E-state index in [0.29, 0.717) is 5.75 Å². The van der Waals surface area contributed by atoms with Crippen LogP contribution in [0, 0.1) is 11.6 Å². The number of benzene rings is 2. The molecule has 0 aliphatic carbocycles. The number of anilines is 1. The topological polar surface area (TPSA) is 29.1 Å². The highest BCUT2D eigenvalue weighted by molar-refractivity contribution is 8.00. The maximum Gasteiger partial charge on any atom is 0.234 e. The van der Waals surface area contributed by atoms with Crippen LogP contribution in [-0.4, -0.2) is 17.4 Å². The van der Waals surface area contributed by atoms with E-state index in [0.717, 1.165) is 17.7 Å². The van der Waals surface area contributed by atoms with Gasteiger partial charge in [0.1, 0.15) is 11.6 Å². The first-order valence-corrected chi connectivity index (χ1v) is 7.85.